The molecule has 0 N–H and O–H groups in total. The zero-order valence-corrected chi connectivity index (χ0v) is 15.0. The summed E-state index contributed by atoms with van der Waals surface area (Å²) in [6.07, 6.45) is 0. The average Bonchev–Trinajstić information content (AvgIpc) is 2.54. The number of para-hydroxylation sites is 1. The standard InChI is InChI=1S/C18H21NO4S/c1-13(2)19(15-9-6-5-7-10-15)24(21,22)17-12-8-11-16(14(17)3)18(20)23-4/h5-13H,1-4H3. The highest BCUT2D eigenvalue weighted by atomic mass is 32.2. The quantitative estimate of drug-likeness (QED) is 0.778. The van der Waals surface area contributed by atoms with Gasteiger partial charge >= 0.3 is 5.97 Å². The van der Waals surface area contributed by atoms with Crippen molar-refractivity contribution >= 4 is 21.7 Å². The van der Waals surface area contributed by atoms with Crippen molar-refractivity contribution in [1.29, 1.82) is 0 Å². The van der Waals surface area contributed by atoms with Crippen LogP contribution in [0.5, 0.6) is 0 Å². The molecule has 24 heavy (non-hydrogen) atoms. The first-order valence-corrected chi connectivity index (χ1v) is 9.02. The summed E-state index contributed by atoms with van der Waals surface area (Å²) >= 11 is 0. The Morgan fingerprint density at radius 2 is 1.67 bits per heavy atom. The molecule has 0 unspecified atom stereocenters. The van der Waals surface area contributed by atoms with Crippen LogP contribution < -0.4 is 4.31 Å². The van der Waals surface area contributed by atoms with Crippen molar-refractivity contribution in [1.82, 2.24) is 0 Å². The number of rotatable bonds is 5. The zero-order chi connectivity index (χ0) is 17.9. The second-order valence-corrected chi connectivity index (χ2v) is 7.43. The van der Waals surface area contributed by atoms with Gasteiger partial charge in [-0.2, -0.15) is 0 Å². The van der Waals surface area contributed by atoms with E-state index in [0.717, 1.165) is 0 Å². The van der Waals surface area contributed by atoms with Crippen molar-refractivity contribution in [2.24, 2.45) is 0 Å². The zero-order valence-electron chi connectivity index (χ0n) is 14.2. The number of esters is 1. The van der Waals surface area contributed by atoms with E-state index in [1.165, 1.54) is 17.5 Å². The number of benzene rings is 2. The smallest absolute Gasteiger partial charge is 0.338 e. The van der Waals surface area contributed by atoms with Crippen molar-refractivity contribution in [3.63, 3.8) is 0 Å². The normalized spacial score (nSPS) is 11.4. The first kappa shape index (κ1) is 18.0. The van der Waals surface area contributed by atoms with E-state index in [1.807, 2.05) is 19.9 Å². The largest absolute Gasteiger partial charge is 0.465 e. The second-order valence-electron chi connectivity index (χ2n) is 5.65. The number of hydrogen-bond donors (Lipinski definition) is 0. The maximum Gasteiger partial charge on any atom is 0.338 e. The van der Waals surface area contributed by atoms with Gasteiger partial charge in [-0.05, 0) is 50.6 Å². The lowest BCUT2D eigenvalue weighted by Crippen LogP contribution is -2.37. The number of methoxy groups -OCH3 is 1. The van der Waals surface area contributed by atoms with Gasteiger partial charge in [0, 0.05) is 6.04 Å². The predicted octanol–water partition coefficient (Wildman–Crippen LogP) is 3.39. The van der Waals surface area contributed by atoms with E-state index >= 15 is 0 Å². The third-order valence-corrected chi connectivity index (χ3v) is 5.85. The summed E-state index contributed by atoms with van der Waals surface area (Å²) in [7, 11) is -2.55. The highest BCUT2D eigenvalue weighted by Gasteiger charge is 2.30. The molecule has 0 aliphatic heterocycles. The Kier molecular flexibility index (Phi) is 5.29. The van der Waals surface area contributed by atoms with Crippen molar-refractivity contribution < 1.29 is 17.9 Å². The van der Waals surface area contributed by atoms with Gasteiger partial charge in [0.15, 0.2) is 0 Å². The molecule has 0 aliphatic rings. The Hall–Kier alpha value is -2.34. The van der Waals surface area contributed by atoms with Crippen molar-refractivity contribution in [3.05, 3.63) is 59.7 Å². The Labute approximate surface area is 142 Å². The highest BCUT2D eigenvalue weighted by Crippen LogP contribution is 2.29. The number of sulfonamides is 1. The van der Waals surface area contributed by atoms with Crippen LogP contribution in [0, 0.1) is 6.92 Å². The van der Waals surface area contributed by atoms with E-state index in [4.69, 9.17) is 4.74 Å². The Bertz CT molecular complexity index is 829. The van der Waals surface area contributed by atoms with Gasteiger partial charge < -0.3 is 4.74 Å². The summed E-state index contributed by atoms with van der Waals surface area (Å²) in [5.41, 5.74) is 1.21. The fourth-order valence-corrected chi connectivity index (χ4v) is 4.53. The van der Waals surface area contributed by atoms with Crippen LogP contribution in [0.3, 0.4) is 0 Å². The maximum atomic E-state index is 13.2. The predicted molar refractivity (Wildman–Crippen MR) is 93.8 cm³/mol. The van der Waals surface area contributed by atoms with E-state index in [1.54, 1.807) is 43.3 Å². The number of ether oxygens (including phenoxy) is 1. The van der Waals surface area contributed by atoms with Gasteiger partial charge in [0.25, 0.3) is 10.0 Å². The number of hydrogen-bond acceptors (Lipinski definition) is 4. The minimum absolute atomic E-state index is 0.1000. The number of nitrogens with zero attached hydrogens (tertiary/aromatic N) is 1. The molecule has 0 amide bonds. The van der Waals surface area contributed by atoms with Gasteiger partial charge in [-0.25, -0.2) is 13.2 Å². The fourth-order valence-electron chi connectivity index (χ4n) is 2.62. The van der Waals surface area contributed by atoms with Gasteiger partial charge in [0.1, 0.15) is 0 Å². The van der Waals surface area contributed by atoms with E-state index in [9.17, 15) is 13.2 Å². The van der Waals surface area contributed by atoms with E-state index in [2.05, 4.69) is 0 Å². The van der Waals surface area contributed by atoms with Gasteiger partial charge in [0.2, 0.25) is 0 Å². The molecule has 2 aromatic carbocycles. The third kappa shape index (κ3) is 3.28. The summed E-state index contributed by atoms with van der Waals surface area (Å²) in [6, 6.07) is 13.2. The molecule has 0 spiro atoms. The van der Waals surface area contributed by atoms with Gasteiger partial charge in [-0.3, -0.25) is 4.31 Å². The van der Waals surface area contributed by atoms with Gasteiger partial charge in [-0.1, -0.05) is 24.3 Å². The summed E-state index contributed by atoms with van der Waals surface area (Å²) in [5.74, 6) is -0.555. The Morgan fingerprint density at radius 1 is 1.04 bits per heavy atom. The molecule has 5 nitrogen and oxygen atoms in total. The molecule has 0 bridgehead atoms. The van der Waals surface area contributed by atoms with Crippen LogP contribution in [0.1, 0.15) is 29.8 Å². The fraction of sp³-hybridized carbons (Fsp3) is 0.278. The maximum absolute atomic E-state index is 13.2. The minimum Gasteiger partial charge on any atom is -0.465 e. The molecule has 2 rings (SSSR count). The molecule has 0 aliphatic carbocycles. The van der Waals surface area contributed by atoms with E-state index in [-0.39, 0.29) is 16.5 Å². The van der Waals surface area contributed by atoms with Crippen molar-refractivity contribution in [2.75, 3.05) is 11.4 Å². The second kappa shape index (κ2) is 7.05. The molecule has 0 aromatic heterocycles. The SMILES string of the molecule is COC(=O)c1cccc(S(=O)(=O)N(c2ccccc2)C(C)C)c1C. The molecule has 2 aromatic rings. The Balaban J connectivity index is 2.63. The summed E-state index contributed by atoms with van der Waals surface area (Å²) < 4.78 is 32.6. The van der Waals surface area contributed by atoms with E-state index < -0.39 is 16.0 Å². The first-order valence-electron chi connectivity index (χ1n) is 7.58. The summed E-state index contributed by atoms with van der Waals surface area (Å²) in [4.78, 5) is 12.0. The van der Waals surface area contributed by atoms with Crippen molar-refractivity contribution in [2.45, 2.75) is 31.7 Å². The topological polar surface area (TPSA) is 63.7 Å². The number of anilines is 1. The minimum atomic E-state index is -3.82. The summed E-state index contributed by atoms with van der Waals surface area (Å²) in [6.45, 7) is 5.23. The molecule has 128 valence electrons. The van der Waals surface area contributed by atoms with Crippen LogP contribution in [0.25, 0.3) is 0 Å². The van der Waals surface area contributed by atoms with Crippen molar-refractivity contribution in [3.8, 4) is 0 Å². The van der Waals surface area contributed by atoms with Gasteiger partial charge in [0.05, 0.1) is 23.3 Å². The molecule has 0 atom stereocenters. The molecule has 0 heterocycles. The highest BCUT2D eigenvalue weighted by molar-refractivity contribution is 7.93. The number of carbonyl (C=O) groups excluding carboxylic acids is 1. The molecule has 0 saturated heterocycles. The lowest BCUT2D eigenvalue weighted by molar-refractivity contribution is 0.0599. The number of carbonyl (C=O) groups is 1. The molecule has 0 radical (unpaired) electrons. The molecule has 6 heteroatoms. The van der Waals surface area contributed by atoms with Crippen LogP contribution >= 0.6 is 0 Å². The van der Waals surface area contributed by atoms with Crippen LogP contribution in [0.4, 0.5) is 5.69 Å². The van der Waals surface area contributed by atoms with Crippen LogP contribution in [-0.4, -0.2) is 27.5 Å². The third-order valence-electron chi connectivity index (χ3n) is 3.71. The molecular weight excluding hydrogens is 326 g/mol. The molecular formula is C18H21NO4S. The van der Waals surface area contributed by atoms with Crippen LogP contribution in [0.15, 0.2) is 53.4 Å². The summed E-state index contributed by atoms with van der Waals surface area (Å²) in [5, 5.41) is 0. The molecule has 0 saturated carbocycles. The first-order chi connectivity index (χ1) is 11.3. The average molecular weight is 347 g/mol. The van der Waals surface area contributed by atoms with E-state index in [0.29, 0.717) is 11.3 Å². The van der Waals surface area contributed by atoms with Crippen LogP contribution in [-0.2, 0) is 14.8 Å². The molecule has 0 fully saturated rings. The lowest BCUT2D eigenvalue weighted by atomic mass is 10.1. The lowest BCUT2D eigenvalue weighted by Gasteiger charge is -2.29. The van der Waals surface area contributed by atoms with Crippen LogP contribution in [0.2, 0.25) is 0 Å². The monoisotopic (exact) mass is 347 g/mol. The van der Waals surface area contributed by atoms with Gasteiger partial charge in [-0.15, -0.1) is 0 Å². The Morgan fingerprint density at radius 3 is 2.21 bits per heavy atom.